The summed E-state index contributed by atoms with van der Waals surface area (Å²) >= 11 is 3.45. The maximum Gasteiger partial charge on any atom is 0.295 e. The predicted octanol–water partition coefficient (Wildman–Crippen LogP) is 2.47. The third-order valence-electron chi connectivity index (χ3n) is 7.04. The number of carbonyl (C=O) groups excluding carboxylic acids is 2. The summed E-state index contributed by atoms with van der Waals surface area (Å²) in [5.74, 6) is -1.00. The number of quaternary nitrogens is 1. The molecule has 1 N–H and O–H groups in total. The van der Waals surface area contributed by atoms with E-state index >= 15 is 0 Å². The van der Waals surface area contributed by atoms with Gasteiger partial charge in [-0.25, -0.2) is 0 Å². The number of morpholine rings is 1. The minimum Gasteiger partial charge on any atom is -0.872 e. The average molecular weight is 572 g/mol. The lowest BCUT2D eigenvalue weighted by molar-refractivity contribution is -0.908. The number of rotatable bonds is 10. The van der Waals surface area contributed by atoms with E-state index < -0.39 is 23.5 Å². The number of halogens is 1. The van der Waals surface area contributed by atoms with Gasteiger partial charge in [0.2, 0.25) is 5.78 Å². The highest BCUT2D eigenvalue weighted by atomic mass is 79.9. The maximum absolute atomic E-state index is 13.7. The van der Waals surface area contributed by atoms with Gasteiger partial charge >= 0.3 is 0 Å². The van der Waals surface area contributed by atoms with Crippen molar-refractivity contribution >= 4 is 33.4 Å². The van der Waals surface area contributed by atoms with Crippen LogP contribution >= 0.6 is 15.9 Å². The number of ketones is 1. The van der Waals surface area contributed by atoms with E-state index in [4.69, 9.17) is 9.47 Å². The van der Waals surface area contributed by atoms with Crippen LogP contribution in [0.25, 0.3) is 5.76 Å². The Kier molecular flexibility index (Phi) is 9.40. The molecule has 2 aromatic carbocycles. The molecular weight excluding hydrogens is 536 g/mol. The molecule has 0 bridgehead atoms. The number of likely N-dealkylation sites (tertiary alicyclic amines) is 1. The first-order chi connectivity index (χ1) is 17.9. The Balaban J connectivity index is 1.64. The number of hydrogen-bond acceptors (Lipinski definition) is 5. The first-order valence-electron chi connectivity index (χ1n) is 13.1. The molecule has 1 amide bonds. The highest BCUT2D eigenvalue weighted by molar-refractivity contribution is 9.10. The standard InChI is InChI=1S/C29H35BrN2O5/c1-3-4-16-37-24-11-8-22(19-20(24)2)27(33)25-26(21-6-9-23(30)10-7-21)32(29(35)28(25)34)13-5-12-31-14-17-36-18-15-31/h6-11,19,26,33H,3-5,12-18H2,1-2H3. The molecule has 1 unspecified atom stereocenters. The average Bonchev–Trinajstić information content (AvgIpc) is 3.15. The first-order valence-corrected chi connectivity index (χ1v) is 13.9. The van der Waals surface area contributed by atoms with Crippen LogP contribution in [0.5, 0.6) is 5.75 Å². The van der Waals surface area contributed by atoms with E-state index in [1.807, 2.05) is 31.2 Å². The van der Waals surface area contributed by atoms with E-state index in [0.717, 1.165) is 73.5 Å². The molecule has 7 nitrogen and oxygen atoms in total. The third-order valence-corrected chi connectivity index (χ3v) is 7.57. The molecule has 2 aromatic rings. The number of benzene rings is 2. The highest BCUT2D eigenvalue weighted by Crippen LogP contribution is 2.39. The molecule has 2 saturated heterocycles. The zero-order chi connectivity index (χ0) is 26.4. The lowest BCUT2D eigenvalue weighted by Crippen LogP contribution is -3.14. The monoisotopic (exact) mass is 570 g/mol. The topological polar surface area (TPSA) is 83.3 Å². The predicted molar refractivity (Wildman–Crippen MR) is 143 cm³/mol. The van der Waals surface area contributed by atoms with E-state index in [9.17, 15) is 14.7 Å². The van der Waals surface area contributed by atoms with Crippen LogP contribution in [-0.4, -0.2) is 62.6 Å². The van der Waals surface area contributed by atoms with E-state index in [1.54, 1.807) is 23.1 Å². The smallest absolute Gasteiger partial charge is 0.295 e. The van der Waals surface area contributed by atoms with Crippen LogP contribution in [0, 0.1) is 6.92 Å². The quantitative estimate of drug-likeness (QED) is 0.205. The summed E-state index contributed by atoms with van der Waals surface area (Å²) in [5.41, 5.74) is 1.98. The van der Waals surface area contributed by atoms with Crippen molar-refractivity contribution in [1.29, 1.82) is 0 Å². The Hall–Kier alpha value is -2.68. The van der Waals surface area contributed by atoms with E-state index in [2.05, 4.69) is 22.9 Å². The van der Waals surface area contributed by atoms with Gasteiger partial charge in [0.1, 0.15) is 18.8 Å². The molecule has 2 aliphatic heterocycles. The molecule has 2 heterocycles. The number of Topliss-reactive ketones (excluding diaryl/α,β-unsaturated/α-hetero) is 1. The normalized spacial score (nSPS) is 20.0. The van der Waals surface area contributed by atoms with Crippen LogP contribution in [0.2, 0.25) is 0 Å². The van der Waals surface area contributed by atoms with Crippen molar-refractivity contribution in [2.75, 3.05) is 46.0 Å². The van der Waals surface area contributed by atoms with Crippen LogP contribution in [-0.2, 0) is 14.3 Å². The molecule has 37 heavy (non-hydrogen) atoms. The maximum atomic E-state index is 13.7. The summed E-state index contributed by atoms with van der Waals surface area (Å²) in [5, 5.41) is 13.7. The van der Waals surface area contributed by atoms with E-state index in [0.29, 0.717) is 18.7 Å². The Morgan fingerprint density at radius 3 is 2.54 bits per heavy atom. The van der Waals surface area contributed by atoms with Gasteiger partial charge in [0.05, 0.1) is 32.4 Å². The van der Waals surface area contributed by atoms with Gasteiger partial charge in [-0.1, -0.05) is 53.2 Å². The van der Waals surface area contributed by atoms with Crippen LogP contribution in [0.1, 0.15) is 48.9 Å². The second-order valence-corrected chi connectivity index (χ2v) is 10.6. The van der Waals surface area contributed by atoms with Crippen molar-refractivity contribution in [2.45, 2.75) is 39.2 Å². The number of amides is 1. The van der Waals surface area contributed by atoms with Gasteiger partial charge in [0, 0.05) is 23.0 Å². The zero-order valence-corrected chi connectivity index (χ0v) is 23.1. The van der Waals surface area contributed by atoms with E-state index in [-0.39, 0.29) is 5.57 Å². The van der Waals surface area contributed by atoms with Gasteiger partial charge < -0.3 is 24.4 Å². The summed E-state index contributed by atoms with van der Waals surface area (Å²) in [4.78, 5) is 29.5. The number of hydrogen-bond donors (Lipinski definition) is 1. The number of nitrogens with one attached hydrogen (secondary N) is 1. The number of carbonyl (C=O) groups is 2. The SMILES string of the molecule is CCCCOc1ccc(C([O-])=C2C(=O)C(=O)N(CCC[NH+]3CCOCC3)C2c2ccc(Br)cc2)cc1C. The summed E-state index contributed by atoms with van der Waals surface area (Å²) in [6, 6.07) is 12.0. The summed E-state index contributed by atoms with van der Waals surface area (Å²) in [6.07, 6.45) is 2.73. The Morgan fingerprint density at radius 2 is 1.86 bits per heavy atom. The molecule has 4 rings (SSSR count). The van der Waals surface area contributed by atoms with Gasteiger partial charge in [-0.3, -0.25) is 9.59 Å². The minimum absolute atomic E-state index is 0.0186. The lowest BCUT2D eigenvalue weighted by atomic mass is 9.94. The second-order valence-electron chi connectivity index (χ2n) is 9.67. The van der Waals surface area contributed by atoms with Crippen LogP contribution in [0.15, 0.2) is 52.5 Å². The fourth-order valence-electron chi connectivity index (χ4n) is 4.94. The van der Waals surface area contributed by atoms with E-state index in [1.165, 1.54) is 4.90 Å². The van der Waals surface area contributed by atoms with Gasteiger partial charge in [-0.2, -0.15) is 0 Å². The Labute approximate surface area is 227 Å². The van der Waals surface area contributed by atoms with Crippen molar-refractivity contribution in [1.82, 2.24) is 4.90 Å². The van der Waals surface area contributed by atoms with Gasteiger partial charge in [-0.15, -0.1) is 0 Å². The minimum atomic E-state index is -0.711. The van der Waals surface area contributed by atoms with Crippen LogP contribution in [0.3, 0.4) is 0 Å². The van der Waals surface area contributed by atoms with Crippen molar-refractivity contribution in [3.8, 4) is 5.75 Å². The van der Waals surface area contributed by atoms with Crippen molar-refractivity contribution in [3.05, 3.63) is 69.2 Å². The second kappa shape index (κ2) is 12.7. The van der Waals surface area contributed by atoms with Gasteiger partial charge in [0.25, 0.3) is 5.91 Å². The molecule has 1 atom stereocenters. The Morgan fingerprint density at radius 1 is 1.14 bits per heavy atom. The molecule has 2 aliphatic rings. The largest absolute Gasteiger partial charge is 0.872 e. The first kappa shape index (κ1) is 27.4. The van der Waals surface area contributed by atoms with Gasteiger partial charge in [-0.05, 0) is 54.3 Å². The molecular formula is C29H35BrN2O5. The van der Waals surface area contributed by atoms with Crippen molar-refractivity contribution < 1.29 is 29.1 Å². The van der Waals surface area contributed by atoms with Crippen molar-refractivity contribution in [2.24, 2.45) is 0 Å². The molecule has 198 valence electrons. The molecule has 0 spiro atoms. The van der Waals surface area contributed by atoms with Gasteiger partial charge in [0.15, 0.2) is 0 Å². The molecule has 0 aliphatic carbocycles. The summed E-state index contributed by atoms with van der Waals surface area (Å²) in [7, 11) is 0. The molecule has 2 fully saturated rings. The number of aryl methyl sites for hydroxylation is 1. The fraction of sp³-hybridized carbons (Fsp3) is 0.448. The fourth-order valence-corrected chi connectivity index (χ4v) is 5.20. The number of ether oxygens (including phenoxy) is 2. The zero-order valence-electron chi connectivity index (χ0n) is 21.6. The number of unbranched alkanes of at least 4 members (excludes halogenated alkanes) is 1. The van der Waals surface area contributed by atoms with Crippen LogP contribution < -0.4 is 14.7 Å². The van der Waals surface area contributed by atoms with Crippen molar-refractivity contribution in [3.63, 3.8) is 0 Å². The summed E-state index contributed by atoms with van der Waals surface area (Å²) in [6.45, 7) is 9.26. The summed E-state index contributed by atoms with van der Waals surface area (Å²) < 4.78 is 12.1. The molecule has 8 heteroatoms. The highest BCUT2D eigenvalue weighted by Gasteiger charge is 2.44. The molecule has 0 aromatic heterocycles. The third kappa shape index (κ3) is 6.43. The molecule has 0 saturated carbocycles. The molecule has 0 radical (unpaired) electrons. The Bertz CT molecular complexity index is 1140. The lowest BCUT2D eigenvalue weighted by Gasteiger charge is -2.29. The van der Waals surface area contributed by atoms with Crippen LogP contribution in [0.4, 0.5) is 0 Å². The number of nitrogens with zero attached hydrogens (tertiary/aromatic N) is 1.